The number of benzene rings is 1. The van der Waals surface area contributed by atoms with E-state index >= 15 is 0 Å². The van der Waals surface area contributed by atoms with E-state index in [9.17, 15) is 19.8 Å². The summed E-state index contributed by atoms with van der Waals surface area (Å²) >= 11 is 0. The zero-order valence-corrected chi connectivity index (χ0v) is 11.0. The fourth-order valence-electron chi connectivity index (χ4n) is 2.78. The fourth-order valence-corrected chi connectivity index (χ4v) is 2.78. The lowest BCUT2D eigenvalue weighted by molar-refractivity contribution is -0.229. The summed E-state index contributed by atoms with van der Waals surface area (Å²) in [5.41, 5.74) is 0.543. The Labute approximate surface area is 120 Å². The number of hydrogen-bond donors (Lipinski definition) is 3. The van der Waals surface area contributed by atoms with Crippen molar-refractivity contribution in [3.63, 3.8) is 0 Å². The number of aliphatic hydroxyl groups excluding tert-OH is 3. The second-order valence-corrected chi connectivity index (χ2v) is 5.14. The third kappa shape index (κ3) is 2.14. The summed E-state index contributed by atoms with van der Waals surface area (Å²) in [5.74, 6) is -1.03. The van der Waals surface area contributed by atoms with Gasteiger partial charge in [-0.05, 0) is 12.1 Å². The first-order valence-corrected chi connectivity index (χ1v) is 6.64. The third-order valence-corrected chi connectivity index (χ3v) is 3.89. The SMILES string of the molecule is O=C1c2ccccc2C(=O)N1[C@@H]1C[C@H](O)[C@@H](CO)O[C@H]1O. The van der Waals surface area contributed by atoms with Gasteiger partial charge in [-0.1, -0.05) is 12.1 Å². The standard InChI is InChI=1S/C14H15NO6/c16-6-11-10(17)5-9(14(20)21-11)15-12(18)7-3-1-2-4-8(7)13(15)19/h1-4,9-11,14,16-17,20H,5-6H2/t9-,10+,11-,14-/m1/s1. The maximum Gasteiger partial charge on any atom is 0.261 e. The molecule has 21 heavy (non-hydrogen) atoms. The highest BCUT2D eigenvalue weighted by Gasteiger charge is 2.47. The summed E-state index contributed by atoms with van der Waals surface area (Å²) in [6, 6.07) is 5.41. The molecule has 1 aromatic carbocycles. The molecular weight excluding hydrogens is 278 g/mol. The zero-order valence-electron chi connectivity index (χ0n) is 11.0. The van der Waals surface area contributed by atoms with Gasteiger partial charge in [0.1, 0.15) is 6.10 Å². The molecule has 7 heteroatoms. The summed E-state index contributed by atoms with van der Waals surface area (Å²) < 4.78 is 5.08. The van der Waals surface area contributed by atoms with E-state index in [4.69, 9.17) is 9.84 Å². The Kier molecular flexibility index (Phi) is 3.50. The molecule has 112 valence electrons. The number of fused-ring (bicyclic) bond motifs is 1. The Morgan fingerprint density at radius 2 is 1.71 bits per heavy atom. The van der Waals surface area contributed by atoms with Gasteiger partial charge in [0.15, 0.2) is 6.29 Å². The summed E-state index contributed by atoms with van der Waals surface area (Å²) in [7, 11) is 0. The number of amides is 2. The Morgan fingerprint density at radius 3 is 2.24 bits per heavy atom. The van der Waals surface area contributed by atoms with Crippen molar-refractivity contribution in [3.8, 4) is 0 Å². The molecule has 2 aliphatic rings. The molecule has 0 spiro atoms. The lowest BCUT2D eigenvalue weighted by Crippen LogP contribution is -2.56. The molecule has 0 bridgehead atoms. The van der Waals surface area contributed by atoms with E-state index in [1.807, 2.05) is 0 Å². The molecule has 0 radical (unpaired) electrons. The van der Waals surface area contributed by atoms with E-state index in [-0.39, 0.29) is 17.5 Å². The van der Waals surface area contributed by atoms with E-state index in [0.29, 0.717) is 0 Å². The lowest BCUT2D eigenvalue weighted by atomic mass is 9.99. The molecule has 3 N–H and O–H groups in total. The van der Waals surface area contributed by atoms with Crippen LogP contribution in [0.5, 0.6) is 0 Å². The van der Waals surface area contributed by atoms with Gasteiger partial charge in [0.2, 0.25) is 0 Å². The van der Waals surface area contributed by atoms with Gasteiger partial charge in [-0.25, -0.2) is 0 Å². The van der Waals surface area contributed by atoms with Crippen molar-refractivity contribution in [2.45, 2.75) is 31.0 Å². The predicted octanol–water partition coefficient (Wildman–Crippen LogP) is -0.888. The topological polar surface area (TPSA) is 107 Å². The Morgan fingerprint density at radius 1 is 1.14 bits per heavy atom. The molecule has 2 amide bonds. The van der Waals surface area contributed by atoms with E-state index in [1.54, 1.807) is 24.3 Å². The summed E-state index contributed by atoms with van der Waals surface area (Å²) in [6.07, 6.45) is -3.47. The normalized spacial score (nSPS) is 32.4. The first kappa shape index (κ1) is 14.2. The molecule has 4 atom stereocenters. The largest absolute Gasteiger partial charge is 0.394 e. The Balaban J connectivity index is 1.89. The van der Waals surface area contributed by atoms with Crippen LogP contribution >= 0.6 is 0 Å². The molecule has 1 aromatic rings. The minimum absolute atomic E-state index is 0.0438. The van der Waals surface area contributed by atoms with Crippen LogP contribution in [0, 0.1) is 0 Å². The first-order valence-electron chi connectivity index (χ1n) is 6.64. The predicted molar refractivity (Wildman–Crippen MR) is 69.3 cm³/mol. The monoisotopic (exact) mass is 293 g/mol. The van der Waals surface area contributed by atoms with Gasteiger partial charge >= 0.3 is 0 Å². The van der Waals surface area contributed by atoms with Crippen molar-refractivity contribution >= 4 is 11.8 Å². The summed E-state index contributed by atoms with van der Waals surface area (Å²) in [6.45, 7) is -0.451. The molecule has 0 aromatic heterocycles. The quantitative estimate of drug-likeness (QED) is 0.611. The van der Waals surface area contributed by atoms with Crippen molar-refractivity contribution in [2.75, 3.05) is 6.61 Å². The van der Waals surface area contributed by atoms with Crippen molar-refractivity contribution in [3.05, 3.63) is 35.4 Å². The van der Waals surface area contributed by atoms with Crippen LogP contribution in [0.1, 0.15) is 27.1 Å². The van der Waals surface area contributed by atoms with E-state index < -0.39 is 43.0 Å². The Bertz CT molecular complexity index is 554. The van der Waals surface area contributed by atoms with Crippen molar-refractivity contribution < 1.29 is 29.6 Å². The average Bonchev–Trinajstić information content (AvgIpc) is 2.74. The number of rotatable bonds is 2. The summed E-state index contributed by atoms with van der Waals surface area (Å²) in [4.78, 5) is 25.6. The molecule has 0 unspecified atom stereocenters. The highest BCUT2D eigenvalue weighted by Crippen LogP contribution is 2.30. The van der Waals surface area contributed by atoms with E-state index in [2.05, 4.69) is 0 Å². The number of ether oxygens (including phenoxy) is 1. The van der Waals surface area contributed by atoms with Crippen LogP contribution in [0.4, 0.5) is 0 Å². The first-order chi connectivity index (χ1) is 10.0. The molecule has 0 saturated carbocycles. The number of nitrogens with zero attached hydrogens (tertiary/aromatic N) is 1. The van der Waals surface area contributed by atoms with E-state index in [1.165, 1.54) is 0 Å². The van der Waals surface area contributed by atoms with Gasteiger partial charge in [0.25, 0.3) is 11.8 Å². The van der Waals surface area contributed by atoms with Gasteiger partial charge in [0, 0.05) is 6.42 Å². The van der Waals surface area contributed by atoms with Gasteiger partial charge in [-0.3, -0.25) is 14.5 Å². The summed E-state index contributed by atoms with van der Waals surface area (Å²) in [5, 5.41) is 28.9. The number of hydrogen-bond acceptors (Lipinski definition) is 6. The van der Waals surface area contributed by atoms with Gasteiger partial charge in [0.05, 0.1) is 29.9 Å². The van der Waals surface area contributed by atoms with Crippen molar-refractivity contribution in [1.82, 2.24) is 4.90 Å². The molecular formula is C14H15NO6. The van der Waals surface area contributed by atoms with Crippen molar-refractivity contribution in [2.24, 2.45) is 0 Å². The van der Waals surface area contributed by atoms with Crippen molar-refractivity contribution in [1.29, 1.82) is 0 Å². The van der Waals surface area contributed by atoms with Gasteiger partial charge in [-0.2, -0.15) is 0 Å². The highest BCUT2D eigenvalue weighted by molar-refractivity contribution is 6.21. The highest BCUT2D eigenvalue weighted by atomic mass is 16.6. The van der Waals surface area contributed by atoms with Crippen LogP contribution in [0.3, 0.4) is 0 Å². The van der Waals surface area contributed by atoms with E-state index in [0.717, 1.165) is 4.90 Å². The van der Waals surface area contributed by atoms with Crippen LogP contribution in [0.15, 0.2) is 24.3 Å². The van der Waals surface area contributed by atoms with Crippen LogP contribution < -0.4 is 0 Å². The van der Waals surface area contributed by atoms with Gasteiger partial charge < -0.3 is 20.1 Å². The minimum atomic E-state index is -1.44. The maximum atomic E-state index is 12.3. The molecule has 3 rings (SSSR count). The van der Waals surface area contributed by atoms with Crippen LogP contribution in [-0.4, -0.2) is 63.2 Å². The van der Waals surface area contributed by atoms with Crippen LogP contribution in [-0.2, 0) is 4.74 Å². The number of carbonyl (C=O) groups is 2. The van der Waals surface area contributed by atoms with Crippen LogP contribution in [0.2, 0.25) is 0 Å². The molecule has 7 nitrogen and oxygen atoms in total. The second-order valence-electron chi connectivity index (χ2n) is 5.14. The number of aliphatic hydroxyl groups is 3. The minimum Gasteiger partial charge on any atom is -0.394 e. The number of imide groups is 1. The number of carbonyl (C=O) groups excluding carboxylic acids is 2. The smallest absolute Gasteiger partial charge is 0.261 e. The molecule has 0 aliphatic carbocycles. The zero-order chi connectivity index (χ0) is 15.1. The molecule has 1 fully saturated rings. The lowest BCUT2D eigenvalue weighted by Gasteiger charge is -2.39. The maximum absolute atomic E-state index is 12.3. The molecule has 1 saturated heterocycles. The van der Waals surface area contributed by atoms with Gasteiger partial charge in [-0.15, -0.1) is 0 Å². The second kappa shape index (κ2) is 5.19. The fraction of sp³-hybridized carbons (Fsp3) is 0.429. The Hall–Kier alpha value is -1.80. The third-order valence-electron chi connectivity index (χ3n) is 3.89. The average molecular weight is 293 g/mol. The molecule has 2 heterocycles. The molecule has 2 aliphatic heterocycles. The van der Waals surface area contributed by atoms with Crippen LogP contribution in [0.25, 0.3) is 0 Å².